The van der Waals surface area contributed by atoms with Gasteiger partial charge in [0, 0.05) is 43.4 Å². The highest BCUT2D eigenvalue weighted by Crippen LogP contribution is 2.26. The van der Waals surface area contributed by atoms with E-state index in [0.717, 1.165) is 16.8 Å². The third-order valence-electron chi connectivity index (χ3n) is 6.06. The third kappa shape index (κ3) is 5.50. The third-order valence-corrected chi connectivity index (χ3v) is 9.61. The lowest BCUT2D eigenvalue weighted by Gasteiger charge is -2.29. The summed E-state index contributed by atoms with van der Waals surface area (Å²) in [6.45, 7) is 3.04. The number of piperidine rings is 1. The molecule has 1 aromatic heterocycles. The molecular weight excluding hydrogens is 508 g/mol. The van der Waals surface area contributed by atoms with Crippen molar-refractivity contribution in [2.45, 2.75) is 31.2 Å². The Hall–Kier alpha value is -2.54. The molecular formula is C23H26N4O5S3. The van der Waals surface area contributed by atoms with Crippen molar-refractivity contribution in [3.05, 3.63) is 62.9 Å². The van der Waals surface area contributed by atoms with Crippen LogP contribution in [-0.2, 0) is 21.4 Å². The van der Waals surface area contributed by atoms with E-state index in [1.54, 1.807) is 42.1 Å². The van der Waals surface area contributed by atoms with Crippen LogP contribution in [0.4, 0.5) is 5.69 Å². The number of fused-ring (bicyclic) bond motifs is 1. The average molecular weight is 535 g/mol. The Labute approximate surface area is 211 Å². The number of aromatic nitrogens is 1. The molecule has 0 saturated carbocycles. The minimum absolute atomic E-state index is 0.00389. The summed E-state index contributed by atoms with van der Waals surface area (Å²) in [4.78, 5) is 28.9. The first-order chi connectivity index (χ1) is 16.7. The number of amides is 1. The van der Waals surface area contributed by atoms with Crippen LogP contribution in [0.5, 0.6) is 0 Å². The van der Waals surface area contributed by atoms with Crippen molar-refractivity contribution >= 4 is 54.9 Å². The summed E-state index contributed by atoms with van der Waals surface area (Å²) >= 11 is 2.92. The number of carbonyl (C=O) groups is 1. The fourth-order valence-corrected chi connectivity index (χ4v) is 6.98. The van der Waals surface area contributed by atoms with E-state index in [2.05, 4.69) is 4.99 Å². The SMILES string of the molecule is CSCCn1c(=NC(=O)C2CCN(S(=O)(=O)c3ccc(C)cc3)CC2)sc2cc([N+](=O)[O-])ccc21. The molecule has 2 aromatic carbocycles. The summed E-state index contributed by atoms with van der Waals surface area (Å²) in [5, 5.41) is 11.2. The number of rotatable bonds is 7. The van der Waals surface area contributed by atoms with Gasteiger partial charge in [-0.15, -0.1) is 0 Å². The number of carbonyl (C=O) groups excluding carboxylic acids is 1. The first-order valence-electron chi connectivity index (χ1n) is 11.1. The van der Waals surface area contributed by atoms with Gasteiger partial charge in [-0.3, -0.25) is 14.9 Å². The molecule has 0 radical (unpaired) electrons. The highest BCUT2D eigenvalue weighted by molar-refractivity contribution is 7.98. The van der Waals surface area contributed by atoms with Crippen molar-refractivity contribution in [3.63, 3.8) is 0 Å². The number of non-ortho nitro benzene ring substituents is 1. The highest BCUT2D eigenvalue weighted by Gasteiger charge is 2.32. The van der Waals surface area contributed by atoms with Crippen LogP contribution in [0.25, 0.3) is 10.2 Å². The molecule has 0 spiro atoms. The molecule has 35 heavy (non-hydrogen) atoms. The molecule has 0 atom stereocenters. The van der Waals surface area contributed by atoms with E-state index in [1.807, 2.05) is 17.7 Å². The number of benzene rings is 2. The highest BCUT2D eigenvalue weighted by atomic mass is 32.2. The van der Waals surface area contributed by atoms with Gasteiger partial charge < -0.3 is 4.57 Å². The Morgan fingerprint density at radius 1 is 1.20 bits per heavy atom. The monoisotopic (exact) mass is 534 g/mol. The lowest BCUT2D eigenvalue weighted by molar-refractivity contribution is -0.384. The van der Waals surface area contributed by atoms with Crippen molar-refractivity contribution in [1.82, 2.24) is 8.87 Å². The van der Waals surface area contributed by atoms with Crippen LogP contribution in [0.1, 0.15) is 18.4 Å². The number of hydrogen-bond acceptors (Lipinski definition) is 7. The zero-order valence-corrected chi connectivity index (χ0v) is 21.9. The molecule has 12 heteroatoms. The number of nitrogens with zero attached hydrogens (tertiary/aromatic N) is 4. The summed E-state index contributed by atoms with van der Waals surface area (Å²) in [6.07, 6.45) is 2.78. The van der Waals surface area contributed by atoms with Crippen LogP contribution in [0.15, 0.2) is 52.4 Å². The molecule has 3 aromatic rings. The number of thioether (sulfide) groups is 1. The summed E-state index contributed by atoms with van der Waals surface area (Å²) < 4.78 is 30.0. The largest absolute Gasteiger partial charge is 0.316 e. The van der Waals surface area contributed by atoms with Gasteiger partial charge in [0.05, 0.1) is 20.0 Å². The van der Waals surface area contributed by atoms with Gasteiger partial charge >= 0.3 is 0 Å². The van der Waals surface area contributed by atoms with E-state index in [0.29, 0.717) is 28.9 Å². The summed E-state index contributed by atoms with van der Waals surface area (Å²) in [5.74, 6) is 0.156. The molecule has 0 unspecified atom stereocenters. The lowest BCUT2D eigenvalue weighted by atomic mass is 9.98. The van der Waals surface area contributed by atoms with Gasteiger partial charge in [0.1, 0.15) is 0 Å². The van der Waals surface area contributed by atoms with Gasteiger partial charge in [-0.05, 0) is 44.2 Å². The number of aryl methyl sites for hydroxylation is 2. The number of nitro benzene ring substituents is 1. The second kappa shape index (κ2) is 10.6. The Bertz CT molecular complexity index is 1420. The zero-order chi connectivity index (χ0) is 25.2. The van der Waals surface area contributed by atoms with Crippen molar-refractivity contribution in [3.8, 4) is 0 Å². The van der Waals surface area contributed by atoms with E-state index < -0.39 is 14.9 Å². The Morgan fingerprint density at radius 3 is 2.51 bits per heavy atom. The van der Waals surface area contributed by atoms with E-state index in [1.165, 1.54) is 27.8 Å². The van der Waals surface area contributed by atoms with Gasteiger partial charge in [-0.2, -0.15) is 21.1 Å². The molecule has 1 fully saturated rings. The van der Waals surface area contributed by atoms with Crippen LogP contribution < -0.4 is 4.80 Å². The van der Waals surface area contributed by atoms with E-state index in [9.17, 15) is 23.3 Å². The molecule has 0 bridgehead atoms. The van der Waals surface area contributed by atoms with Gasteiger partial charge in [0.15, 0.2) is 4.80 Å². The van der Waals surface area contributed by atoms with Crippen LogP contribution in [0.2, 0.25) is 0 Å². The predicted octanol–water partition coefficient (Wildman–Crippen LogP) is 3.81. The van der Waals surface area contributed by atoms with Gasteiger partial charge in [0.2, 0.25) is 10.0 Å². The first kappa shape index (κ1) is 25.5. The second-order valence-electron chi connectivity index (χ2n) is 8.38. The van der Waals surface area contributed by atoms with Crippen molar-refractivity contribution in [1.29, 1.82) is 0 Å². The summed E-state index contributed by atoms with van der Waals surface area (Å²) in [7, 11) is -3.60. The summed E-state index contributed by atoms with van der Waals surface area (Å²) in [5.41, 5.74) is 1.79. The van der Waals surface area contributed by atoms with Crippen molar-refractivity contribution in [2.24, 2.45) is 10.9 Å². The molecule has 0 aliphatic carbocycles. The molecule has 1 amide bonds. The van der Waals surface area contributed by atoms with Crippen LogP contribution in [0, 0.1) is 23.0 Å². The maximum absolute atomic E-state index is 13.1. The van der Waals surface area contributed by atoms with Crippen LogP contribution in [0.3, 0.4) is 0 Å². The number of hydrogen-bond donors (Lipinski definition) is 0. The number of nitro groups is 1. The Morgan fingerprint density at radius 2 is 1.89 bits per heavy atom. The van der Waals surface area contributed by atoms with Gasteiger partial charge in [0.25, 0.3) is 11.6 Å². The van der Waals surface area contributed by atoms with E-state index in [-0.39, 0.29) is 35.5 Å². The topological polar surface area (TPSA) is 115 Å². The van der Waals surface area contributed by atoms with Crippen molar-refractivity contribution < 1.29 is 18.1 Å². The minimum atomic E-state index is -3.60. The fraction of sp³-hybridized carbons (Fsp3) is 0.391. The average Bonchev–Trinajstić information content (AvgIpc) is 3.18. The smallest absolute Gasteiger partial charge is 0.270 e. The Balaban J connectivity index is 1.55. The molecule has 186 valence electrons. The maximum atomic E-state index is 13.1. The number of sulfonamides is 1. The molecule has 4 rings (SSSR count). The van der Waals surface area contributed by atoms with Gasteiger partial charge in [-0.1, -0.05) is 29.0 Å². The lowest BCUT2D eigenvalue weighted by Crippen LogP contribution is -2.40. The fourth-order valence-electron chi connectivity index (χ4n) is 4.05. The molecule has 9 nitrogen and oxygen atoms in total. The molecule has 1 saturated heterocycles. The molecule has 0 N–H and O–H groups in total. The minimum Gasteiger partial charge on any atom is -0.316 e. The van der Waals surface area contributed by atoms with E-state index >= 15 is 0 Å². The number of thiazole rings is 1. The quantitative estimate of drug-likeness (QED) is 0.336. The maximum Gasteiger partial charge on any atom is 0.270 e. The van der Waals surface area contributed by atoms with Crippen molar-refractivity contribution in [2.75, 3.05) is 25.1 Å². The van der Waals surface area contributed by atoms with Crippen LogP contribution in [-0.4, -0.2) is 53.2 Å². The second-order valence-corrected chi connectivity index (χ2v) is 12.3. The Kier molecular flexibility index (Phi) is 7.74. The first-order valence-corrected chi connectivity index (χ1v) is 14.8. The summed E-state index contributed by atoms with van der Waals surface area (Å²) in [6, 6.07) is 11.4. The van der Waals surface area contributed by atoms with Gasteiger partial charge in [-0.25, -0.2) is 8.42 Å². The molecule has 1 aliphatic heterocycles. The normalized spacial score (nSPS) is 16.1. The van der Waals surface area contributed by atoms with E-state index in [4.69, 9.17) is 0 Å². The van der Waals surface area contributed by atoms with Crippen LogP contribution >= 0.6 is 23.1 Å². The standard InChI is InChI=1S/C23H26N4O5S3/c1-16-3-6-19(7-4-16)35(31,32)25-11-9-17(10-12-25)22(28)24-23-26(13-14-33-2)20-8-5-18(27(29)30)15-21(20)34-23/h3-8,15,17H,9-14H2,1-2H3. The zero-order valence-electron chi connectivity index (χ0n) is 19.4. The predicted molar refractivity (Wildman–Crippen MR) is 138 cm³/mol. The molecule has 2 heterocycles. The molecule has 1 aliphatic rings.